The van der Waals surface area contributed by atoms with Crippen molar-refractivity contribution in [3.63, 3.8) is 0 Å². The molecule has 1 aromatic carbocycles. The van der Waals surface area contributed by atoms with Crippen LogP contribution in [0, 0.1) is 11.3 Å². The van der Waals surface area contributed by atoms with Gasteiger partial charge in [-0.05, 0) is 25.1 Å². The Morgan fingerprint density at radius 3 is 2.93 bits per heavy atom. The summed E-state index contributed by atoms with van der Waals surface area (Å²) in [6, 6.07) is 7.93. The Kier molecular flexibility index (Phi) is 3.08. The molecule has 0 aliphatic rings. The van der Waals surface area contributed by atoms with Crippen LogP contribution >= 0.6 is 0 Å². The van der Waals surface area contributed by atoms with Gasteiger partial charge >= 0.3 is 5.97 Å². The molecule has 4 nitrogen and oxygen atoms in total. The molecule has 1 aromatic rings. The van der Waals surface area contributed by atoms with Crippen molar-refractivity contribution in [2.45, 2.75) is 13.0 Å². The van der Waals surface area contributed by atoms with Gasteiger partial charge < -0.3 is 9.84 Å². The fraction of sp³-hybridized carbons (Fsp3) is 0.200. The molecule has 0 amide bonds. The van der Waals surface area contributed by atoms with Crippen molar-refractivity contribution < 1.29 is 14.6 Å². The first-order chi connectivity index (χ1) is 6.63. The number of hydrogen-bond acceptors (Lipinski definition) is 3. The van der Waals surface area contributed by atoms with E-state index < -0.39 is 12.1 Å². The molecule has 1 N–H and O–H groups in total. The van der Waals surface area contributed by atoms with Crippen molar-refractivity contribution in [1.82, 2.24) is 0 Å². The Morgan fingerprint density at radius 2 is 2.36 bits per heavy atom. The van der Waals surface area contributed by atoms with Crippen LogP contribution in [0.3, 0.4) is 0 Å². The fourth-order valence-corrected chi connectivity index (χ4v) is 0.933. The highest BCUT2D eigenvalue weighted by atomic mass is 16.5. The minimum Gasteiger partial charge on any atom is -0.478 e. The number of carbonyl (C=O) groups is 1. The van der Waals surface area contributed by atoms with E-state index in [9.17, 15) is 4.79 Å². The maximum absolute atomic E-state index is 10.6. The van der Waals surface area contributed by atoms with Crippen molar-refractivity contribution in [3.8, 4) is 11.8 Å². The van der Waals surface area contributed by atoms with Crippen LogP contribution in [0.4, 0.5) is 0 Å². The van der Waals surface area contributed by atoms with Crippen LogP contribution in [0.5, 0.6) is 5.75 Å². The summed E-state index contributed by atoms with van der Waals surface area (Å²) in [5.41, 5.74) is 0.146. The first-order valence-corrected chi connectivity index (χ1v) is 4.03. The molecule has 4 heteroatoms. The molecule has 0 aliphatic heterocycles. The van der Waals surface area contributed by atoms with Gasteiger partial charge in [0.2, 0.25) is 0 Å². The van der Waals surface area contributed by atoms with E-state index >= 15 is 0 Å². The molecule has 0 aliphatic carbocycles. The molecule has 1 atom stereocenters. The van der Waals surface area contributed by atoms with Gasteiger partial charge in [-0.1, -0.05) is 6.07 Å². The zero-order valence-corrected chi connectivity index (χ0v) is 7.60. The van der Waals surface area contributed by atoms with Gasteiger partial charge in [0.1, 0.15) is 11.8 Å². The van der Waals surface area contributed by atoms with Crippen molar-refractivity contribution in [3.05, 3.63) is 29.8 Å². The molecule has 0 fully saturated rings. The lowest BCUT2D eigenvalue weighted by Gasteiger charge is -2.07. The molecule has 72 valence electrons. The second-order valence-corrected chi connectivity index (χ2v) is 2.72. The van der Waals surface area contributed by atoms with Crippen molar-refractivity contribution in [2.75, 3.05) is 0 Å². The van der Waals surface area contributed by atoms with Crippen molar-refractivity contribution in [2.24, 2.45) is 0 Å². The Hall–Kier alpha value is -2.02. The molecular weight excluding hydrogens is 182 g/mol. The van der Waals surface area contributed by atoms with E-state index in [0.717, 1.165) is 0 Å². The second kappa shape index (κ2) is 4.28. The maximum Gasteiger partial charge on any atom is 0.335 e. The molecule has 0 bridgehead atoms. The van der Waals surface area contributed by atoms with E-state index in [1.165, 1.54) is 12.1 Å². The Labute approximate surface area is 81.4 Å². The summed E-state index contributed by atoms with van der Waals surface area (Å²) < 4.78 is 5.13. The lowest BCUT2D eigenvalue weighted by Crippen LogP contribution is -2.08. The van der Waals surface area contributed by atoms with Crippen LogP contribution in [0.15, 0.2) is 24.3 Å². The predicted octanol–water partition coefficient (Wildman–Crippen LogP) is 1.68. The van der Waals surface area contributed by atoms with Gasteiger partial charge in [0, 0.05) is 0 Å². The number of nitriles is 1. The van der Waals surface area contributed by atoms with Gasteiger partial charge in [-0.2, -0.15) is 5.26 Å². The van der Waals surface area contributed by atoms with Gasteiger partial charge in [0.05, 0.1) is 5.56 Å². The van der Waals surface area contributed by atoms with Crippen LogP contribution in [0.25, 0.3) is 0 Å². The number of rotatable bonds is 3. The third kappa shape index (κ3) is 2.49. The van der Waals surface area contributed by atoms with Gasteiger partial charge in [-0.25, -0.2) is 4.79 Å². The molecule has 14 heavy (non-hydrogen) atoms. The van der Waals surface area contributed by atoms with Crippen LogP contribution < -0.4 is 4.74 Å². The Bertz CT molecular complexity index is 381. The summed E-state index contributed by atoms with van der Waals surface area (Å²) >= 11 is 0. The topological polar surface area (TPSA) is 70.3 Å². The summed E-state index contributed by atoms with van der Waals surface area (Å²) in [6.45, 7) is 1.59. The number of hydrogen-bond donors (Lipinski definition) is 1. The van der Waals surface area contributed by atoms with E-state index in [2.05, 4.69) is 0 Å². The van der Waals surface area contributed by atoms with Crippen LogP contribution in [0.1, 0.15) is 17.3 Å². The normalized spacial score (nSPS) is 11.4. The Morgan fingerprint density at radius 1 is 1.64 bits per heavy atom. The van der Waals surface area contributed by atoms with E-state index in [0.29, 0.717) is 5.75 Å². The van der Waals surface area contributed by atoms with E-state index in [1.54, 1.807) is 19.1 Å². The number of carboxylic acid groups (broad SMARTS) is 1. The highest BCUT2D eigenvalue weighted by Crippen LogP contribution is 2.14. The molecule has 0 aromatic heterocycles. The Balaban J connectivity index is 2.85. The van der Waals surface area contributed by atoms with Crippen molar-refractivity contribution in [1.29, 1.82) is 5.26 Å². The lowest BCUT2D eigenvalue weighted by atomic mass is 10.2. The van der Waals surface area contributed by atoms with Crippen molar-refractivity contribution >= 4 is 5.97 Å². The number of ether oxygens (including phenoxy) is 1. The summed E-state index contributed by atoms with van der Waals surface area (Å²) in [7, 11) is 0. The molecule has 1 rings (SSSR count). The highest BCUT2D eigenvalue weighted by Gasteiger charge is 2.05. The number of nitrogens with zero attached hydrogens (tertiary/aromatic N) is 1. The number of carboxylic acids is 1. The van der Waals surface area contributed by atoms with E-state index in [-0.39, 0.29) is 5.56 Å². The predicted molar refractivity (Wildman–Crippen MR) is 49.1 cm³/mol. The summed E-state index contributed by atoms with van der Waals surface area (Å²) in [5.74, 6) is -0.626. The van der Waals surface area contributed by atoms with Gasteiger partial charge in [-0.15, -0.1) is 0 Å². The van der Waals surface area contributed by atoms with E-state index in [4.69, 9.17) is 15.1 Å². The third-order valence-corrected chi connectivity index (χ3v) is 1.58. The minimum atomic E-state index is -1.01. The van der Waals surface area contributed by atoms with Crippen LogP contribution in [0.2, 0.25) is 0 Å². The zero-order chi connectivity index (χ0) is 10.6. The molecule has 0 saturated carbocycles. The molecule has 0 saturated heterocycles. The third-order valence-electron chi connectivity index (χ3n) is 1.58. The minimum absolute atomic E-state index is 0.146. The summed E-state index contributed by atoms with van der Waals surface area (Å²) in [4.78, 5) is 10.6. The molecule has 1 unspecified atom stereocenters. The standard InChI is InChI=1S/C10H9NO3/c1-7(6-11)14-9-4-2-3-8(5-9)10(12)13/h2-5,7H,1H3,(H,12,13). The highest BCUT2D eigenvalue weighted by molar-refractivity contribution is 5.87. The number of benzene rings is 1. The second-order valence-electron chi connectivity index (χ2n) is 2.72. The molecular formula is C10H9NO3. The average molecular weight is 191 g/mol. The quantitative estimate of drug-likeness (QED) is 0.788. The lowest BCUT2D eigenvalue weighted by molar-refractivity contribution is 0.0696. The SMILES string of the molecule is CC(C#N)Oc1cccc(C(=O)O)c1. The maximum atomic E-state index is 10.6. The van der Waals surface area contributed by atoms with Crippen LogP contribution in [-0.2, 0) is 0 Å². The average Bonchev–Trinajstić information content (AvgIpc) is 2.18. The monoisotopic (exact) mass is 191 g/mol. The van der Waals surface area contributed by atoms with Gasteiger partial charge in [0.15, 0.2) is 6.10 Å². The first-order valence-electron chi connectivity index (χ1n) is 4.03. The first kappa shape index (κ1) is 10.1. The zero-order valence-electron chi connectivity index (χ0n) is 7.60. The molecule has 0 heterocycles. The van der Waals surface area contributed by atoms with E-state index in [1.807, 2.05) is 6.07 Å². The van der Waals surface area contributed by atoms with Gasteiger partial charge in [0.25, 0.3) is 0 Å². The smallest absolute Gasteiger partial charge is 0.335 e. The molecule has 0 radical (unpaired) electrons. The van der Waals surface area contributed by atoms with Crippen LogP contribution in [-0.4, -0.2) is 17.2 Å². The summed E-state index contributed by atoms with van der Waals surface area (Å²) in [6.07, 6.45) is -0.584. The largest absolute Gasteiger partial charge is 0.478 e. The summed E-state index contributed by atoms with van der Waals surface area (Å²) in [5, 5.41) is 17.2. The molecule has 0 spiro atoms. The fourth-order valence-electron chi connectivity index (χ4n) is 0.933. The number of aromatic carboxylic acids is 1. The van der Waals surface area contributed by atoms with Gasteiger partial charge in [-0.3, -0.25) is 0 Å².